The van der Waals surface area contributed by atoms with Crippen molar-refractivity contribution in [1.29, 1.82) is 0 Å². The summed E-state index contributed by atoms with van der Waals surface area (Å²) in [6.07, 6.45) is 1.50. The maximum absolute atomic E-state index is 12.1. The van der Waals surface area contributed by atoms with E-state index in [0.717, 1.165) is 0 Å². The molecular formula is C18H19IN2O4. The third-order valence-corrected chi connectivity index (χ3v) is 3.98. The number of benzene rings is 2. The van der Waals surface area contributed by atoms with E-state index in [1.54, 1.807) is 36.4 Å². The van der Waals surface area contributed by atoms with Gasteiger partial charge >= 0.3 is 0 Å². The molecule has 0 aliphatic carbocycles. The number of carbonyl (C=O) groups excluding carboxylic acids is 1. The Kier molecular flexibility index (Phi) is 7.05. The number of hydrazone groups is 1. The van der Waals surface area contributed by atoms with Crippen molar-refractivity contribution >= 4 is 34.7 Å². The highest BCUT2D eigenvalue weighted by Gasteiger charge is 2.08. The molecule has 25 heavy (non-hydrogen) atoms. The highest BCUT2D eigenvalue weighted by molar-refractivity contribution is 14.1. The predicted molar refractivity (Wildman–Crippen MR) is 105 cm³/mol. The van der Waals surface area contributed by atoms with Crippen LogP contribution in [0.4, 0.5) is 0 Å². The average Bonchev–Trinajstić information content (AvgIpc) is 2.60. The molecule has 1 amide bonds. The molecule has 0 atom stereocenters. The summed E-state index contributed by atoms with van der Waals surface area (Å²) in [5.41, 5.74) is 3.66. The zero-order valence-corrected chi connectivity index (χ0v) is 16.1. The van der Waals surface area contributed by atoms with E-state index >= 15 is 0 Å². The molecule has 0 aromatic heterocycles. The van der Waals surface area contributed by atoms with Crippen LogP contribution in [0.2, 0.25) is 0 Å². The number of hydrogen-bond donors (Lipinski definition) is 2. The second-order valence-corrected chi connectivity index (χ2v) is 6.10. The van der Waals surface area contributed by atoms with Gasteiger partial charge in [0.25, 0.3) is 5.91 Å². The summed E-state index contributed by atoms with van der Waals surface area (Å²) < 4.78 is 11.3. The van der Waals surface area contributed by atoms with E-state index in [-0.39, 0.29) is 11.7 Å². The standard InChI is InChI=1S/C18H19IN2O4/c1-3-24-14-7-5-13(6-8-14)18(23)21-20-11-12-9-15(19)17(22)16(10-12)25-4-2/h5-11,22H,3-4H2,1-2H3,(H,21,23)/b20-11-. The Bertz CT molecular complexity index is 760. The second kappa shape index (κ2) is 9.26. The number of aromatic hydroxyl groups is 1. The Morgan fingerprint density at radius 1 is 1.20 bits per heavy atom. The number of nitrogens with one attached hydrogen (secondary N) is 1. The van der Waals surface area contributed by atoms with Crippen LogP contribution >= 0.6 is 22.6 Å². The molecule has 0 bridgehead atoms. The van der Waals surface area contributed by atoms with Gasteiger partial charge in [-0.05, 0) is 78.4 Å². The Morgan fingerprint density at radius 3 is 2.52 bits per heavy atom. The number of hydrogen-bond acceptors (Lipinski definition) is 5. The van der Waals surface area contributed by atoms with Gasteiger partial charge in [0.1, 0.15) is 5.75 Å². The van der Waals surface area contributed by atoms with Crippen molar-refractivity contribution in [1.82, 2.24) is 5.43 Å². The van der Waals surface area contributed by atoms with E-state index in [4.69, 9.17) is 9.47 Å². The fraction of sp³-hybridized carbons (Fsp3) is 0.222. The minimum Gasteiger partial charge on any atom is -0.504 e. The largest absolute Gasteiger partial charge is 0.504 e. The molecule has 2 aromatic rings. The van der Waals surface area contributed by atoms with Crippen LogP contribution in [0, 0.1) is 3.57 Å². The SMILES string of the molecule is CCOc1ccc(C(=O)N/N=C\c2cc(I)c(O)c(OCC)c2)cc1. The Balaban J connectivity index is 2.03. The summed E-state index contributed by atoms with van der Waals surface area (Å²) in [5, 5.41) is 13.9. The van der Waals surface area contributed by atoms with Crippen LogP contribution < -0.4 is 14.9 Å². The molecule has 0 saturated carbocycles. The van der Waals surface area contributed by atoms with Gasteiger partial charge in [-0.3, -0.25) is 4.79 Å². The first-order valence-corrected chi connectivity index (χ1v) is 8.84. The van der Waals surface area contributed by atoms with Gasteiger partial charge in [-0.2, -0.15) is 5.10 Å². The van der Waals surface area contributed by atoms with Crippen LogP contribution in [-0.4, -0.2) is 30.4 Å². The van der Waals surface area contributed by atoms with Gasteiger partial charge in [0.2, 0.25) is 0 Å². The zero-order chi connectivity index (χ0) is 18.2. The second-order valence-electron chi connectivity index (χ2n) is 4.94. The number of ether oxygens (including phenoxy) is 2. The molecule has 0 saturated heterocycles. The molecule has 2 N–H and O–H groups in total. The molecule has 6 nitrogen and oxygen atoms in total. The van der Waals surface area contributed by atoms with Crippen LogP contribution in [0.3, 0.4) is 0 Å². The number of amides is 1. The predicted octanol–water partition coefficient (Wildman–Crippen LogP) is 3.56. The van der Waals surface area contributed by atoms with E-state index in [9.17, 15) is 9.90 Å². The summed E-state index contributed by atoms with van der Waals surface area (Å²) in [6, 6.07) is 10.2. The quantitative estimate of drug-likeness (QED) is 0.381. The number of phenols is 1. The molecule has 0 unspecified atom stereocenters. The zero-order valence-electron chi connectivity index (χ0n) is 14.0. The van der Waals surface area contributed by atoms with E-state index < -0.39 is 0 Å². The van der Waals surface area contributed by atoms with Crippen molar-refractivity contribution in [3.8, 4) is 17.2 Å². The van der Waals surface area contributed by atoms with Gasteiger partial charge in [-0.1, -0.05) is 0 Å². The minimum atomic E-state index is -0.321. The Hall–Kier alpha value is -2.29. The first-order valence-electron chi connectivity index (χ1n) is 7.76. The summed E-state index contributed by atoms with van der Waals surface area (Å²) in [4.78, 5) is 12.1. The van der Waals surface area contributed by atoms with E-state index in [2.05, 4.69) is 10.5 Å². The number of nitrogens with zero attached hydrogens (tertiary/aromatic N) is 1. The fourth-order valence-corrected chi connectivity index (χ4v) is 2.66. The maximum atomic E-state index is 12.1. The normalized spacial score (nSPS) is 10.7. The van der Waals surface area contributed by atoms with Gasteiger partial charge in [0.05, 0.1) is 23.0 Å². The lowest BCUT2D eigenvalue weighted by Gasteiger charge is -2.08. The monoisotopic (exact) mass is 454 g/mol. The summed E-state index contributed by atoms with van der Waals surface area (Å²) in [5.74, 6) is 0.870. The summed E-state index contributed by atoms with van der Waals surface area (Å²) in [6.45, 7) is 4.75. The molecule has 0 aliphatic rings. The van der Waals surface area contributed by atoms with Crippen molar-refractivity contribution in [3.05, 3.63) is 51.1 Å². The van der Waals surface area contributed by atoms with Gasteiger partial charge < -0.3 is 14.6 Å². The number of rotatable bonds is 7. The highest BCUT2D eigenvalue weighted by Crippen LogP contribution is 2.32. The number of carbonyl (C=O) groups is 1. The number of phenolic OH excluding ortho intramolecular Hbond substituents is 1. The van der Waals surface area contributed by atoms with Crippen molar-refractivity contribution in [2.45, 2.75) is 13.8 Å². The number of halogens is 1. The topological polar surface area (TPSA) is 80.2 Å². The van der Waals surface area contributed by atoms with Crippen LogP contribution in [-0.2, 0) is 0 Å². The van der Waals surface area contributed by atoms with E-state index in [0.29, 0.717) is 39.4 Å². The molecular weight excluding hydrogens is 435 g/mol. The van der Waals surface area contributed by atoms with Crippen molar-refractivity contribution in [3.63, 3.8) is 0 Å². The van der Waals surface area contributed by atoms with Gasteiger partial charge in [-0.25, -0.2) is 5.43 Å². The minimum absolute atomic E-state index is 0.0954. The Morgan fingerprint density at radius 2 is 1.88 bits per heavy atom. The van der Waals surface area contributed by atoms with Gasteiger partial charge in [-0.15, -0.1) is 0 Å². The van der Waals surface area contributed by atoms with Gasteiger partial charge in [0, 0.05) is 5.56 Å². The lowest BCUT2D eigenvalue weighted by Crippen LogP contribution is -2.17. The van der Waals surface area contributed by atoms with Crippen LogP contribution in [0.5, 0.6) is 17.2 Å². The molecule has 0 radical (unpaired) electrons. The summed E-state index contributed by atoms with van der Waals surface area (Å²) >= 11 is 2.01. The molecule has 0 fully saturated rings. The van der Waals surface area contributed by atoms with Crippen LogP contribution in [0.1, 0.15) is 29.8 Å². The molecule has 0 spiro atoms. The molecule has 2 rings (SSSR count). The van der Waals surface area contributed by atoms with E-state index in [1.165, 1.54) is 6.21 Å². The maximum Gasteiger partial charge on any atom is 0.271 e. The molecule has 132 valence electrons. The first-order chi connectivity index (χ1) is 12.0. The highest BCUT2D eigenvalue weighted by atomic mass is 127. The van der Waals surface area contributed by atoms with Crippen molar-refractivity contribution < 1.29 is 19.4 Å². The first kappa shape index (κ1) is 19.0. The third-order valence-electron chi connectivity index (χ3n) is 3.16. The van der Waals surface area contributed by atoms with E-state index in [1.807, 2.05) is 36.4 Å². The third kappa shape index (κ3) is 5.35. The van der Waals surface area contributed by atoms with Gasteiger partial charge in [0.15, 0.2) is 11.5 Å². The summed E-state index contributed by atoms with van der Waals surface area (Å²) in [7, 11) is 0. The van der Waals surface area contributed by atoms with Crippen molar-refractivity contribution in [2.24, 2.45) is 5.10 Å². The molecule has 2 aromatic carbocycles. The molecule has 0 aliphatic heterocycles. The van der Waals surface area contributed by atoms with Crippen molar-refractivity contribution in [2.75, 3.05) is 13.2 Å². The lowest BCUT2D eigenvalue weighted by atomic mass is 10.2. The molecule has 7 heteroatoms. The Labute approximate surface area is 160 Å². The van der Waals surface area contributed by atoms with Crippen LogP contribution in [0.15, 0.2) is 41.5 Å². The molecule has 0 heterocycles. The lowest BCUT2D eigenvalue weighted by molar-refractivity contribution is 0.0955. The van der Waals surface area contributed by atoms with Crippen LogP contribution in [0.25, 0.3) is 0 Å². The smallest absolute Gasteiger partial charge is 0.271 e. The fourth-order valence-electron chi connectivity index (χ4n) is 2.03. The average molecular weight is 454 g/mol.